The van der Waals surface area contributed by atoms with E-state index in [0.29, 0.717) is 29.8 Å². The van der Waals surface area contributed by atoms with Crippen LogP contribution in [0.3, 0.4) is 0 Å². The van der Waals surface area contributed by atoms with Gasteiger partial charge in [0.1, 0.15) is 36.1 Å². The van der Waals surface area contributed by atoms with Crippen molar-refractivity contribution in [3.8, 4) is 11.5 Å². The average molecular weight is 937 g/mol. The maximum atomic E-state index is 12.8. The normalized spacial score (nSPS) is 11.0. The summed E-state index contributed by atoms with van der Waals surface area (Å²) in [6.07, 6.45) is 5.06. The van der Waals surface area contributed by atoms with Crippen molar-refractivity contribution in [1.29, 1.82) is 0 Å². The Kier molecular flexibility index (Phi) is 15.6. The predicted molar refractivity (Wildman–Crippen MR) is 258 cm³/mol. The minimum absolute atomic E-state index is 0.111. The molecule has 358 valence electrons. The fraction of sp³-hybridized carbons (Fsp3) is 0.283. The third kappa shape index (κ3) is 13.1. The van der Waals surface area contributed by atoms with Crippen molar-refractivity contribution in [3.63, 3.8) is 0 Å². The van der Waals surface area contributed by atoms with Crippen LogP contribution in [0, 0.1) is 41.5 Å². The van der Waals surface area contributed by atoms with Gasteiger partial charge in [-0.3, -0.25) is 19.4 Å². The third-order valence-corrected chi connectivity index (χ3v) is 11.5. The van der Waals surface area contributed by atoms with Gasteiger partial charge in [0.05, 0.1) is 17.9 Å². The average Bonchev–Trinajstić information content (AvgIpc) is 4.08. The van der Waals surface area contributed by atoms with Gasteiger partial charge in [-0.1, -0.05) is 59.7 Å². The molecule has 0 saturated carbocycles. The maximum Gasteiger partial charge on any atom is 0.416 e. The number of rotatable bonds is 17. The first-order valence-corrected chi connectivity index (χ1v) is 22.6. The van der Waals surface area contributed by atoms with Crippen molar-refractivity contribution in [2.45, 2.75) is 87.0 Å². The van der Waals surface area contributed by atoms with Crippen LogP contribution in [-0.2, 0) is 48.6 Å². The van der Waals surface area contributed by atoms with Crippen LogP contribution in [0.4, 0.5) is 9.59 Å². The van der Waals surface area contributed by atoms with Crippen LogP contribution in [0.15, 0.2) is 118 Å². The van der Waals surface area contributed by atoms with E-state index in [-0.39, 0.29) is 13.1 Å². The summed E-state index contributed by atoms with van der Waals surface area (Å²) in [5, 5.41) is 20.7. The molecule has 0 bridgehead atoms. The van der Waals surface area contributed by atoms with Crippen LogP contribution < -0.4 is 9.47 Å². The molecule has 0 radical (unpaired) electrons. The standard InChI is InChI=1S/C27H29N3O5.C26H27N3O5/c1-18-6-10-23(11-7-18)35-27(33)30(17-26(31)32)16-21-8-9-22-12-14-29(25(22)15-21)13-4-5-24-19(2)34-20(3)28-24;1-17-7-9-21(10-8-17)34-26(32)29(16-25(30)31)15-20-5-4-6-24-22(20)11-13-28(24)14-12-23-18(2)33-19(3)27-23/h6-12,14-15H,4-5,13,16-17H2,1-3H3,(H,31,32);4-11,13H,12,14-16H2,1-3H3,(H,30,31). The summed E-state index contributed by atoms with van der Waals surface area (Å²) in [6.45, 7) is 12.2. The van der Waals surface area contributed by atoms with Crippen LogP contribution >= 0.6 is 0 Å². The molecule has 2 N–H and O–H groups in total. The highest BCUT2D eigenvalue weighted by Gasteiger charge is 2.22. The minimum atomic E-state index is -1.11. The van der Waals surface area contributed by atoms with E-state index in [1.165, 1.54) is 9.80 Å². The Hall–Kier alpha value is -8.14. The van der Waals surface area contributed by atoms with Crippen molar-refractivity contribution in [3.05, 3.63) is 166 Å². The number of hydrogen-bond donors (Lipinski definition) is 2. The van der Waals surface area contributed by atoms with E-state index in [0.717, 1.165) is 92.8 Å². The summed E-state index contributed by atoms with van der Waals surface area (Å²) in [4.78, 5) is 59.7. The first kappa shape index (κ1) is 48.8. The van der Waals surface area contributed by atoms with E-state index in [1.54, 1.807) is 24.3 Å². The van der Waals surface area contributed by atoms with E-state index >= 15 is 0 Å². The number of oxazole rings is 2. The molecule has 0 unspecified atom stereocenters. The first-order chi connectivity index (χ1) is 33.1. The number of carboxylic acids is 2. The van der Waals surface area contributed by atoms with Crippen molar-refractivity contribution in [2.24, 2.45) is 0 Å². The number of carbonyl (C=O) groups is 4. The lowest BCUT2D eigenvalue weighted by atomic mass is 10.1. The Balaban J connectivity index is 0.000000204. The van der Waals surface area contributed by atoms with E-state index < -0.39 is 37.2 Å². The smallest absolute Gasteiger partial charge is 0.416 e. The molecular weight excluding hydrogens is 881 g/mol. The van der Waals surface area contributed by atoms with Crippen LogP contribution in [0.25, 0.3) is 21.8 Å². The number of benzene rings is 4. The molecule has 0 spiro atoms. The molecule has 16 heteroatoms. The molecule has 0 fully saturated rings. The Bertz CT molecular complexity index is 3070. The molecular formula is C53H56N6O10. The number of carboxylic acid groups (broad SMARTS) is 2. The van der Waals surface area contributed by atoms with Gasteiger partial charge in [-0.25, -0.2) is 19.6 Å². The largest absolute Gasteiger partial charge is 0.480 e. The van der Waals surface area contributed by atoms with Gasteiger partial charge in [-0.2, -0.15) is 0 Å². The van der Waals surface area contributed by atoms with Gasteiger partial charge < -0.3 is 37.7 Å². The molecule has 0 saturated heterocycles. The van der Waals surface area contributed by atoms with Gasteiger partial charge in [0.15, 0.2) is 11.8 Å². The molecule has 0 aliphatic rings. The first-order valence-electron chi connectivity index (χ1n) is 22.6. The highest BCUT2D eigenvalue weighted by Crippen LogP contribution is 2.25. The van der Waals surface area contributed by atoms with Gasteiger partial charge in [0.2, 0.25) is 0 Å². The second kappa shape index (κ2) is 22.1. The van der Waals surface area contributed by atoms with Gasteiger partial charge in [0.25, 0.3) is 0 Å². The molecule has 4 aromatic carbocycles. The molecule has 4 aromatic heterocycles. The molecule has 0 aliphatic carbocycles. The molecule has 69 heavy (non-hydrogen) atoms. The highest BCUT2D eigenvalue weighted by atomic mass is 16.6. The van der Waals surface area contributed by atoms with Gasteiger partial charge in [-0.15, -0.1) is 0 Å². The van der Waals surface area contributed by atoms with Gasteiger partial charge in [-0.05, 0) is 106 Å². The number of ether oxygens (including phenoxy) is 2. The predicted octanol–water partition coefficient (Wildman–Crippen LogP) is 10.2. The Morgan fingerprint density at radius 3 is 1.68 bits per heavy atom. The Labute approximate surface area is 399 Å². The lowest BCUT2D eigenvalue weighted by molar-refractivity contribution is -0.138. The Morgan fingerprint density at radius 1 is 0.594 bits per heavy atom. The summed E-state index contributed by atoms with van der Waals surface area (Å²) in [5.41, 5.74) is 7.67. The Morgan fingerprint density at radius 2 is 1.13 bits per heavy atom. The summed E-state index contributed by atoms with van der Waals surface area (Å²) in [5.74, 6) is 1.55. The van der Waals surface area contributed by atoms with Crippen molar-refractivity contribution in [2.75, 3.05) is 13.1 Å². The third-order valence-electron chi connectivity index (χ3n) is 11.5. The number of aliphatic carboxylic acids is 2. The zero-order valence-corrected chi connectivity index (χ0v) is 39.6. The second-order valence-corrected chi connectivity index (χ2v) is 16.9. The van der Waals surface area contributed by atoms with Crippen molar-refractivity contribution in [1.82, 2.24) is 28.9 Å². The van der Waals surface area contributed by atoms with Crippen LogP contribution in [-0.4, -0.2) is 76.3 Å². The van der Waals surface area contributed by atoms with Crippen molar-refractivity contribution >= 4 is 45.9 Å². The maximum absolute atomic E-state index is 12.8. The number of nitrogens with zero attached hydrogens (tertiary/aromatic N) is 6. The molecule has 0 aliphatic heterocycles. The summed E-state index contributed by atoms with van der Waals surface area (Å²) in [6, 6.07) is 29.8. The number of carbonyl (C=O) groups excluding carboxylic acids is 2. The van der Waals surface area contributed by atoms with Crippen LogP contribution in [0.2, 0.25) is 0 Å². The van der Waals surface area contributed by atoms with Gasteiger partial charge in [0, 0.05) is 68.7 Å². The lowest BCUT2D eigenvalue weighted by Gasteiger charge is -2.21. The fourth-order valence-electron chi connectivity index (χ4n) is 8.06. The molecule has 2 amide bonds. The number of aromatic nitrogens is 4. The van der Waals surface area contributed by atoms with E-state index in [9.17, 15) is 29.4 Å². The van der Waals surface area contributed by atoms with Gasteiger partial charge >= 0.3 is 24.1 Å². The number of hydrogen-bond acceptors (Lipinski definition) is 10. The molecule has 4 heterocycles. The number of amides is 2. The summed E-state index contributed by atoms with van der Waals surface area (Å²) < 4.78 is 26.1. The monoisotopic (exact) mass is 936 g/mol. The molecule has 0 atom stereocenters. The number of aryl methyl sites for hydroxylation is 10. The molecule has 8 aromatic rings. The van der Waals surface area contributed by atoms with E-state index in [1.807, 2.05) is 127 Å². The summed E-state index contributed by atoms with van der Waals surface area (Å²) >= 11 is 0. The van der Waals surface area contributed by atoms with Crippen LogP contribution in [0.1, 0.15) is 63.4 Å². The zero-order chi connectivity index (χ0) is 49.2. The van der Waals surface area contributed by atoms with Crippen molar-refractivity contribution < 1.29 is 47.7 Å². The topological polar surface area (TPSA) is 196 Å². The SMILES string of the molecule is Cc1ccc(OC(=O)N(CC(=O)O)Cc2ccc3ccn(CCCc4nc(C)oc4C)c3c2)cc1.Cc1ccc(OC(=O)N(CC(=O)O)Cc2cccc3c2ccn3CCc2nc(C)oc2C)cc1. The zero-order valence-electron chi connectivity index (χ0n) is 39.6. The lowest BCUT2D eigenvalue weighted by Crippen LogP contribution is -2.37. The minimum Gasteiger partial charge on any atom is -0.480 e. The molecule has 8 rings (SSSR count). The van der Waals surface area contributed by atoms with Crippen LogP contribution in [0.5, 0.6) is 11.5 Å². The van der Waals surface area contributed by atoms with E-state index in [4.69, 9.17) is 18.3 Å². The fourth-order valence-corrected chi connectivity index (χ4v) is 8.06. The quantitative estimate of drug-likeness (QED) is 0.0878. The second-order valence-electron chi connectivity index (χ2n) is 16.9. The summed E-state index contributed by atoms with van der Waals surface area (Å²) in [7, 11) is 0. The highest BCUT2D eigenvalue weighted by molar-refractivity contribution is 5.85. The molecule has 16 nitrogen and oxygen atoms in total. The number of fused-ring (bicyclic) bond motifs is 2. The van der Waals surface area contributed by atoms with E-state index in [2.05, 4.69) is 19.1 Å².